The van der Waals surface area contributed by atoms with Crippen molar-refractivity contribution in [1.82, 2.24) is 10.2 Å². The van der Waals surface area contributed by atoms with Gasteiger partial charge in [0.2, 0.25) is 0 Å². The minimum atomic E-state index is 0.944. The van der Waals surface area contributed by atoms with Crippen LogP contribution in [0.25, 0.3) is 0 Å². The van der Waals surface area contributed by atoms with Gasteiger partial charge in [0, 0.05) is 30.1 Å². The summed E-state index contributed by atoms with van der Waals surface area (Å²) in [6, 6.07) is 0.944. The third kappa shape index (κ3) is 1.82. The largest absolute Gasteiger partial charge is 0.317 e. The first kappa shape index (κ1) is 9.49. The number of fused-ring (bicyclic) bond motifs is 2. The van der Waals surface area contributed by atoms with Crippen molar-refractivity contribution >= 4 is 11.8 Å². The van der Waals surface area contributed by atoms with Gasteiger partial charge >= 0.3 is 0 Å². The smallest absolute Gasteiger partial charge is 0.0198 e. The van der Waals surface area contributed by atoms with Crippen LogP contribution in [0.15, 0.2) is 0 Å². The van der Waals surface area contributed by atoms with Crippen LogP contribution in [-0.4, -0.2) is 48.1 Å². The van der Waals surface area contributed by atoms with Gasteiger partial charge in [-0.2, -0.15) is 11.8 Å². The molecule has 0 amide bonds. The Morgan fingerprint density at radius 1 is 1.29 bits per heavy atom. The first-order valence-corrected chi connectivity index (χ1v) is 7.03. The number of nitrogens with zero attached hydrogens (tertiary/aromatic N) is 1. The summed E-state index contributed by atoms with van der Waals surface area (Å²) in [7, 11) is 0. The third-order valence-electron chi connectivity index (χ3n) is 3.97. The lowest BCUT2D eigenvalue weighted by Crippen LogP contribution is -2.40. The van der Waals surface area contributed by atoms with E-state index < -0.39 is 0 Å². The molecule has 3 saturated heterocycles. The summed E-state index contributed by atoms with van der Waals surface area (Å²) in [4.78, 5) is 2.77. The quantitative estimate of drug-likeness (QED) is 0.740. The van der Waals surface area contributed by atoms with Crippen molar-refractivity contribution in [1.29, 1.82) is 0 Å². The summed E-state index contributed by atoms with van der Waals surface area (Å²) in [5.41, 5.74) is 0. The molecule has 3 heterocycles. The Morgan fingerprint density at radius 2 is 2.14 bits per heavy atom. The second kappa shape index (κ2) is 4.03. The molecule has 0 aliphatic carbocycles. The van der Waals surface area contributed by atoms with Gasteiger partial charge < -0.3 is 5.32 Å². The fraction of sp³-hybridized carbons (Fsp3) is 1.00. The van der Waals surface area contributed by atoms with Gasteiger partial charge in [-0.1, -0.05) is 0 Å². The number of likely N-dealkylation sites (tertiary alicyclic amines) is 1. The molecule has 2 bridgehead atoms. The SMILES string of the molecule is C1CC(CN2CC3CC2CS3)CCN1. The number of hydrogen-bond donors (Lipinski definition) is 1. The second-order valence-corrected chi connectivity index (χ2v) is 6.33. The topological polar surface area (TPSA) is 15.3 Å². The summed E-state index contributed by atoms with van der Waals surface area (Å²) in [6.45, 7) is 5.28. The van der Waals surface area contributed by atoms with Crippen LogP contribution in [0.5, 0.6) is 0 Å². The maximum atomic E-state index is 3.45. The average molecular weight is 212 g/mol. The van der Waals surface area contributed by atoms with Crippen LogP contribution in [0.1, 0.15) is 19.3 Å². The molecule has 0 saturated carbocycles. The highest BCUT2D eigenvalue weighted by molar-refractivity contribution is 8.00. The number of rotatable bonds is 2. The van der Waals surface area contributed by atoms with Crippen molar-refractivity contribution < 1.29 is 0 Å². The highest BCUT2D eigenvalue weighted by atomic mass is 32.2. The first-order chi connectivity index (χ1) is 6.92. The predicted molar refractivity (Wildman–Crippen MR) is 61.8 cm³/mol. The molecule has 0 radical (unpaired) electrons. The Labute approximate surface area is 90.8 Å². The van der Waals surface area contributed by atoms with E-state index in [0.717, 1.165) is 17.2 Å². The molecule has 2 atom stereocenters. The molecule has 2 unspecified atom stereocenters. The molecule has 3 aliphatic heterocycles. The molecule has 0 aromatic heterocycles. The van der Waals surface area contributed by atoms with Crippen molar-refractivity contribution in [2.24, 2.45) is 5.92 Å². The van der Waals surface area contributed by atoms with E-state index in [2.05, 4.69) is 22.0 Å². The summed E-state index contributed by atoms with van der Waals surface area (Å²) in [6.07, 6.45) is 4.29. The highest BCUT2D eigenvalue weighted by Crippen LogP contribution is 2.38. The van der Waals surface area contributed by atoms with Crippen molar-refractivity contribution in [2.45, 2.75) is 30.6 Å². The van der Waals surface area contributed by atoms with Crippen LogP contribution in [0.4, 0.5) is 0 Å². The lowest BCUT2D eigenvalue weighted by atomic mass is 9.97. The monoisotopic (exact) mass is 212 g/mol. The van der Waals surface area contributed by atoms with Crippen LogP contribution < -0.4 is 5.32 Å². The molecule has 80 valence electrons. The Morgan fingerprint density at radius 3 is 2.79 bits per heavy atom. The highest BCUT2D eigenvalue weighted by Gasteiger charge is 2.38. The normalized spacial score (nSPS) is 39.4. The van der Waals surface area contributed by atoms with Gasteiger partial charge in [0.1, 0.15) is 0 Å². The van der Waals surface area contributed by atoms with Crippen LogP contribution >= 0.6 is 11.8 Å². The molecule has 3 heteroatoms. The van der Waals surface area contributed by atoms with Gasteiger partial charge in [0.05, 0.1) is 0 Å². The Kier molecular flexibility index (Phi) is 2.73. The van der Waals surface area contributed by atoms with Gasteiger partial charge in [0.15, 0.2) is 0 Å². The van der Waals surface area contributed by atoms with Crippen molar-refractivity contribution in [2.75, 3.05) is 31.9 Å². The van der Waals surface area contributed by atoms with Crippen LogP contribution in [-0.2, 0) is 0 Å². The van der Waals surface area contributed by atoms with E-state index in [1.807, 2.05) is 0 Å². The lowest BCUT2D eigenvalue weighted by molar-refractivity contribution is 0.201. The fourth-order valence-electron chi connectivity index (χ4n) is 3.10. The second-order valence-electron chi connectivity index (χ2n) is 4.99. The third-order valence-corrected chi connectivity index (χ3v) is 5.36. The predicted octanol–water partition coefficient (Wildman–Crippen LogP) is 1.18. The minimum Gasteiger partial charge on any atom is -0.317 e. The van der Waals surface area contributed by atoms with Gasteiger partial charge in [0.25, 0.3) is 0 Å². The number of hydrogen-bond acceptors (Lipinski definition) is 3. The molecular formula is C11H20N2S. The minimum absolute atomic E-state index is 0.944. The zero-order valence-corrected chi connectivity index (χ0v) is 9.56. The Bertz CT molecular complexity index is 203. The van der Waals surface area contributed by atoms with E-state index in [0.29, 0.717) is 0 Å². The molecule has 3 aliphatic rings. The first-order valence-electron chi connectivity index (χ1n) is 5.98. The molecule has 1 N–H and O–H groups in total. The van der Waals surface area contributed by atoms with Crippen molar-refractivity contribution in [3.63, 3.8) is 0 Å². The Balaban J connectivity index is 1.52. The van der Waals surface area contributed by atoms with Gasteiger partial charge in [-0.3, -0.25) is 4.90 Å². The van der Waals surface area contributed by atoms with Crippen LogP contribution in [0.2, 0.25) is 0 Å². The molecule has 3 fully saturated rings. The molecule has 0 aromatic carbocycles. The standard InChI is InChI=1S/C11H20N2S/c1-3-12-4-2-9(1)6-13-7-11-5-10(13)8-14-11/h9-12H,1-8H2. The van der Waals surface area contributed by atoms with Crippen molar-refractivity contribution in [3.05, 3.63) is 0 Å². The number of nitrogens with one attached hydrogen (secondary N) is 1. The van der Waals surface area contributed by atoms with E-state index >= 15 is 0 Å². The number of piperidine rings is 1. The van der Waals surface area contributed by atoms with Crippen LogP contribution in [0, 0.1) is 5.92 Å². The average Bonchev–Trinajstić information content (AvgIpc) is 2.81. The zero-order chi connectivity index (χ0) is 9.38. The van der Waals surface area contributed by atoms with Gasteiger partial charge in [-0.25, -0.2) is 0 Å². The molecular weight excluding hydrogens is 192 g/mol. The lowest BCUT2D eigenvalue weighted by Gasteiger charge is -2.32. The van der Waals surface area contributed by atoms with E-state index in [-0.39, 0.29) is 0 Å². The fourth-order valence-corrected chi connectivity index (χ4v) is 4.59. The molecule has 14 heavy (non-hydrogen) atoms. The number of thioether (sulfide) groups is 1. The summed E-state index contributed by atoms with van der Waals surface area (Å²) in [5, 5.41) is 4.44. The molecule has 0 spiro atoms. The van der Waals surface area contributed by atoms with Crippen molar-refractivity contribution in [3.8, 4) is 0 Å². The van der Waals surface area contributed by atoms with Gasteiger partial charge in [-0.15, -0.1) is 0 Å². The van der Waals surface area contributed by atoms with E-state index in [1.165, 1.54) is 51.2 Å². The maximum Gasteiger partial charge on any atom is 0.0198 e. The van der Waals surface area contributed by atoms with E-state index in [4.69, 9.17) is 0 Å². The van der Waals surface area contributed by atoms with E-state index in [1.54, 1.807) is 0 Å². The Hall–Kier alpha value is 0.270. The van der Waals surface area contributed by atoms with E-state index in [9.17, 15) is 0 Å². The van der Waals surface area contributed by atoms with Crippen LogP contribution in [0.3, 0.4) is 0 Å². The summed E-state index contributed by atoms with van der Waals surface area (Å²) in [5.74, 6) is 2.40. The molecule has 2 nitrogen and oxygen atoms in total. The summed E-state index contributed by atoms with van der Waals surface area (Å²) >= 11 is 2.20. The molecule has 0 aromatic rings. The maximum absolute atomic E-state index is 3.45. The summed E-state index contributed by atoms with van der Waals surface area (Å²) < 4.78 is 0. The molecule has 3 rings (SSSR count). The zero-order valence-electron chi connectivity index (χ0n) is 8.74. The van der Waals surface area contributed by atoms with Gasteiger partial charge in [-0.05, 0) is 38.3 Å².